The molecule has 4 aromatic rings. The van der Waals surface area contributed by atoms with Gasteiger partial charge in [0.25, 0.3) is 0 Å². The topological polar surface area (TPSA) is 178 Å². The molecule has 2 aliphatic carbocycles. The summed E-state index contributed by atoms with van der Waals surface area (Å²) >= 11 is 0. The number of alkyl carbamates (subject to hydrolysis) is 2. The first-order valence-electron chi connectivity index (χ1n) is 23.1. The number of ether oxygens (including phenoxy) is 2. The molecule has 2 unspecified atom stereocenters. The lowest BCUT2D eigenvalue weighted by Gasteiger charge is -2.30. The van der Waals surface area contributed by atoms with E-state index in [0.717, 1.165) is 91.1 Å². The number of likely N-dealkylation sites (tertiary alicyclic amines) is 2. The second kappa shape index (κ2) is 15.8. The summed E-state index contributed by atoms with van der Waals surface area (Å²) < 4.78 is 9.72. The summed E-state index contributed by atoms with van der Waals surface area (Å²) in [6.07, 6.45) is 10.8. The predicted octanol–water partition coefficient (Wildman–Crippen LogP) is 7.82. The van der Waals surface area contributed by atoms with Gasteiger partial charge in [0, 0.05) is 30.7 Å². The molecule has 4 N–H and O–H groups in total. The zero-order valence-electron chi connectivity index (χ0n) is 38.0. The van der Waals surface area contributed by atoms with Gasteiger partial charge in [-0.15, -0.1) is 0 Å². The van der Waals surface area contributed by atoms with E-state index in [-0.39, 0.29) is 46.6 Å². The highest BCUT2D eigenvalue weighted by Crippen LogP contribution is 2.60. The number of methoxy groups -OCH3 is 2. The largest absolute Gasteiger partial charge is 0.453 e. The van der Waals surface area contributed by atoms with Gasteiger partial charge >= 0.3 is 12.2 Å². The third-order valence-electron chi connectivity index (χ3n) is 15.5. The molecule has 15 nitrogen and oxygen atoms in total. The Hall–Kier alpha value is -5.70. The highest BCUT2D eigenvalue weighted by molar-refractivity contribution is 5.88. The van der Waals surface area contributed by atoms with E-state index < -0.39 is 24.3 Å². The van der Waals surface area contributed by atoms with Gasteiger partial charge < -0.3 is 39.9 Å². The minimum absolute atomic E-state index is 0.0969. The molecule has 4 aliphatic heterocycles. The van der Waals surface area contributed by atoms with E-state index in [0.29, 0.717) is 25.2 Å². The molecule has 6 atom stereocenters. The summed E-state index contributed by atoms with van der Waals surface area (Å²) in [5.74, 6) is 1.13. The fourth-order valence-corrected chi connectivity index (χ4v) is 11.5. The van der Waals surface area contributed by atoms with Crippen LogP contribution in [0, 0.1) is 22.7 Å². The lowest BCUT2D eigenvalue weighted by Crippen LogP contribution is -2.51. The van der Waals surface area contributed by atoms with Gasteiger partial charge in [0.2, 0.25) is 11.8 Å². The number of nitrogens with zero attached hydrogens (tertiary/aromatic N) is 5. The van der Waals surface area contributed by atoms with E-state index in [9.17, 15) is 19.2 Å². The van der Waals surface area contributed by atoms with Crippen molar-refractivity contribution in [1.29, 1.82) is 0 Å². The van der Waals surface area contributed by atoms with Gasteiger partial charge in [-0.2, -0.15) is 0 Å². The fourth-order valence-electron chi connectivity index (χ4n) is 11.5. The monoisotopic (exact) mass is 871 g/mol. The number of carbonyl (C=O) groups is 4. The van der Waals surface area contributed by atoms with E-state index in [1.165, 1.54) is 30.9 Å². The van der Waals surface area contributed by atoms with E-state index in [1.807, 2.05) is 49.9 Å². The first-order chi connectivity index (χ1) is 30.7. The number of hydrogen-bond donors (Lipinski definition) is 4. The molecular formula is C49H61N9O6. The maximum atomic E-state index is 14.1. The fraction of sp³-hybridized carbons (Fsp3) is 0.551. The minimum Gasteiger partial charge on any atom is -0.453 e. The normalized spacial score (nSPS) is 24.4. The van der Waals surface area contributed by atoms with Gasteiger partial charge in [-0.25, -0.2) is 19.6 Å². The number of H-pyrrole nitrogens is 2. The molecule has 338 valence electrons. The molecule has 2 saturated carbocycles. The van der Waals surface area contributed by atoms with Crippen molar-refractivity contribution < 1.29 is 28.7 Å². The van der Waals surface area contributed by atoms with Crippen molar-refractivity contribution >= 4 is 24.0 Å². The van der Waals surface area contributed by atoms with Gasteiger partial charge in [-0.05, 0) is 109 Å². The number of aromatic nitrogens is 4. The number of hydrogen-bond acceptors (Lipinski definition) is 9. The molecule has 64 heavy (non-hydrogen) atoms. The Bertz CT molecular complexity index is 2480. The molecule has 2 aromatic carbocycles. The van der Waals surface area contributed by atoms with Crippen LogP contribution in [0.4, 0.5) is 9.59 Å². The highest BCUT2D eigenvalue weighted by atomic mass is 16.5. The van der Waals surface area contributed by atoms with Crippen LogP contribution in [0.1, 0.15) is 126 Å². The summed E-state index contributed by atoms with van der Waals surface area (Å²) in [5, 5.41) is 5.55. The Morgan fingerprint density at radius 3 is 1.55 bits per heavy atom. The van der Waals surface area contributed by atoms with Crippen LogP contribution in [-0.2, 0) is 19.1 Å². The molecule has 0 radical (unpaired) electrons. The minimum atomic E-state index is -0.692. The van der Waals surface area contributed by atoms with Gasteiger partial charge in [0.15, 0.2) is 0 Å². The molecule has 6 aliphatic rings. The maximum absolute atomic E-state index is 14.1. The van der Waals surface area contributed by atoms with Crippen LogP contribution < -0.4 is 10.6 Å². The number of amides is 4. The number of fused-ring (bicyclic) bond motifs is 5. The van der Waals surface area contributed by atoms with Crippen LogP contribution in [0.25, 0.3) is 33.6 Å². The van der Waals surface area contributed by atoms with E-state index in [2.05, 4.69) is 68.9 Å². The van der Waals surface area contributed by atoms with Crippen LogP contribution in [0.15, 0.2) is 48.8 Å². The molecule has 2 aromatic heterocycles. The van der Waals surface area contributed by atoms with E-state index >= 15 is 0 Å². The zero-order chi connectivity index (χ0) is 44.8. The first kappa shape index (κ1) is 42.3. The Kier molecular flexibility index (Phi) is 10.4. The van der Waals surface area contributed by atoms with Crippen molar-refractivity contribution in [1.82, 2.24) is 45.3 Å². The van der Waals surface area contributed by atoms with E-state index in [1.54, 1.807) is 0 Å². The van der Waals surface area contributed by atoms with Crippen molar-refractivity contribution in [2.75, 3.05) is 34.4 Å². The Labute approximate surface area is 374 Å². The molecule has 6 heterocycles. The third-order valence-corrected chi connectivity index (χ3v) is 15.5. The maximum Gasteiger partial charge on any atom is 0.407 e. The summed E-state index contributed by atoms with van der Waals surface area (Å²) in [7, 11) is 4.87. The summed E-state index contributed by atoms with van der Waals surface area (Å²) in [5.41, 5.74) is 9.32. The van der Waals surface area contributed by atoms with Crippen molar-refractivity contribution in [3.05, 3.63) is 71.6 Å². The van der Waals surface area contributed by atoms with Crippen LogP contribution in [0.2, 0.25) is 0 Å². The van der Waals surface area contributed by atoms with Gasteiger partial charge in [-0.1, -0.05) is 64.1 Å². The van der Waals surface area contributed by atoms with Crippen molar-refractivity contribution in [2.45, 2.75) is 115 Å². The molecule has 2 bridgehead atoms. The molecule has 5 fully saturated rings. The molecule has 4 amide bonds. The van der Waals surface area contributed by atoms with Crippen molar-refractivity contribution in [3.63, 3.8) is 0 Å². The lowest BCUT2D eigenvalue weighted by atomic mass is 9.82. The standard InChI is InChI=1S/C49H61N9O6/c1-26(2)40(54-46(61)63-6)44(59)57-24-48(16-17-48)20-36(57)42-50-22-32(52-42)29-10-8-28(9-11-29)30-12-13-31(39-35-15-14-34(38(30)39)56(35)5)33-23-51-43(53-33)37-21-49(18-19-49)25-58(37)45(60)41(27(3)4)55-47(62)64-7/h8-13,22-23,26-27,34-37,40-41H,14-21,24-25H2,1-7H3,(H,50,52)(H,51,53)(H,54,61)(H,55,62)/t34?,35?,36-,37-,40-,41-/m0/s1. The average Bonchev–Trinajstić information content (AvgIpc) is 3.70. The Balaban J connectivity index is 0.908. The number of aromatic amines is 2. The quantitative estimate of drug-likeness (QED) is 0.117. The Morgan fingerprint density at radius 2 is 1.08 bits per heavy atom. The number of imidazole rings is 2. The SMILES string of the molecule is COC(=O)N[C@H](C(=O)N1CC2(CC2)C[C@H]1c1ncc(-c2ccc(-c3ccc(-c4cnc([C@@H]5CC6(CC6)CN5C(=O)[C@@H](NC(=O)OC)C(C)C)[nH]4)c4c3C3CCC4N3C)cc2)[nH]1)C(C)C. The molecule has 10 rings (SSSR count). The summed E-state index contributed by atoms with van der Waals surface area (Å²) in [6.45, 7) is 9.07. The second-order valence-electron chi connectivity index (χ2n) is 20.3. The first-order valence-corrected chi connectivity index (χ1v) is 23.1. The molecular weight excluding hydrogens is 811 g/mol. The third kappa shape index (κ3) is 7.23. The molecule has 15 heteroatoms. The number of carbonyl (C=O) groups excluding carboxylic acids is 4. The van der Waals surface area contributed by atoms with Crippen molar-refractivity contribution in [3.8, 4) is 33.6 Å². The van der Waals surface area contributed by atoms with Crippen LogP contribution in [0.3, 0.4) is 0 Å². The lowest BCUT2D eigenvalue weighted by molar-refractivity contribution is -0.136. The second-order valence-corrected chi connectivity index (χ2v) is 20.3. The summed E-state index contributed by atoms with van der Waals surface area (Å²) in [6, 6.07) is 12.0. The van der Waals surface area contributed by atoms with Gasteiger partial charge in [0.1, 0.15) is 23.7 Å². The zero-order valence-corrected chi connectivity index (χ0v) is 38.0. The van der Waals surface area contributed by atoms with E-state index in [4.69, 9.17) is 19.4 Å². The predicted molar refractivity (Wildman–Crippen MR) is 239 cm³/mol. The van der Waals surface area contributed by atoms with Gasteiger partial charge in [0.05, 0.1) is 50.1 Å². The number of benzene rings is 2. The van der Waals surface area contributed by atoms with Crippen molar-refractivity contribution in [2.24, 2.45) is 22.7 Å². The average molecular weight is 872 g/mol. The Morgan fingerprint density at radius 1 is 0.641 bits per heavy atom. The van der Waals surface area contributed by atoms with Crippen LogP contribution >= 0.6 is 0 Å². The summed E-state index contributed by atoms with van der Waals surface area (Å²) in [4.78, 5) is 76.0. The number of nitrogens with one attached hydrogen (secondary N) is 4. The van der Waals surface area contributed by atoms with Crippen LogP contribution in [-0.4, -0.2) is 105 Å². The highest BCUT2D eigenvalue weighted by Gasteiger charge is 2.56. The smallest absolute Gasteiger partial charge is 0.407 e. The van der Waals surface area contributed by atoms with Crippen LogP contribution in [0.5, 0.6) is 0 Å². The molecule has 2 spiro atoms. The van der Waals surface area contributed by atoms with Gasteiger partial charge in [-0.3, -0.25) is 14.5 Å². The number of rotatable bonds is 11. The molecule has 3 saturated heterocycles.